The van der Waals surface area contributed by atoms with Crippen LogP contribution in [0, 0.1) is 17.1 Å². The average Bonchev–Trinajstić information content (AvgIpc) is 2.62. The highest BCUT2D eigenvalue weighted by molar-refractivity contribution is 7.88. The lowest BCUT2D eigenvalue weighted by Crippen LogP contribution is -2.34. The van der Waals surface area contributed by atoms with Gasteiger partial charge in [-0.1, -0.05) is 24.3 Å². The van der Waals surface area contributed by atoms with Crippen LogP contribution in [0.15, 0.2) is 48.5 Å². The highest BCUT2D eigenvalue weighted by atomic mass is 32.2. The topological polar surface area (TPSA) is 90.3 Å². The van der Waals surface area contributed by atoms with Gasteiger partial charge in [-0.2, -0.15) is 5.26 Å². The smallest absolute Gasteiger partial charge is 0.225 e. The van der Waals surface area contributed by atoms with E-state index in [0.717, 1.165) is 11.8 Å². The summed E-state index contributed by atoms with van der Waals surface area (Å²) >= 11 is 0. The Hall–Kier alpha value is -2.76. The number of amides is 1. The number of nitrogens with one attached hydrogen (secondary N) is 1. The Kier molecular flexibility index (Phi) is 7.05. The second-order valence-corrected chi connectivity index (χ2v) is 7.98. The van der Waals surface area contributed by atoms with Crippen LogP contribution in [0.2, 0.25) is 0 Å². The summed E-state index contributed by atoms with van der Waals surface area (Å²) in [6, 6.07) is 14.4. The maximum atomic E-state index is 12.9. The quantitative estimate of drug-likeness (QED) is 0.751. The van der Waals surface area contributed by atoms with Crippen molar-refractivity contribution in [2.24, 2.45) is 0 Å². The van der Waals surface area contributed by atoms with Crippen molar-refractivity contribution >= 4 is 21.6 Å². The second kappa shape index (κ2) is 9.26. The van der Waals surface area contributed by atoms with Crippen LogP contribution in [0.5, 0.6) is 0 Å². The predicted molar refractivity (Wildman–Crippen MR) is 101 cm³/mol. The van der Waals surface area contributed by atoms with Gasteiger partial charge < -0.3 is 5.32 Å². The Balaban J connectivity index is 1.95. The number of halogens is 1. The molecule has 0 atom stereocenters. The fourth-order valence-corrected chi connectivity index (χ4v) is 3.32. The van der Waals surface area contributed by atoms with Crippen LogP contribution in [-0.2, 0) is 21.2 Å². The molecular formula is C19H20FN3O3S. The Morgan fingerprint density at radius 3 is 2.44 bits per heavy atom. The van der Waals surface area contributed by atoms with Crippen LogP contribution in [0.1, 0.15) is 17.5 Å². The lowest BCUT2D eigenvalue weighted by molar-refractivity contribution is -0.116. The van der Waals surface area contributed by atoms with E-state index in [4.69, 9.17) is 5.26 Å². The van der Waals surface area contributed by atoms with E-state index >= 15 is 0 Å². The number of carbonyl (C=O) groups excluding carboxylic acids is 1. The number of benzene rings is 2. The Labute approximate surface area is 158 Å². The zero-order valence-corrected chi connectivity index (χ0v) is 15.7. The molecule has 27 heavy (non-hydrogen) atoms. The minimum Gasteiger partial charge on any atom is -0.325 e. The van der Waals surface area contributed by atoms with Crippen LogP contribution in [0.3, 0.4) is 0 Å². The third kappa shape index (κ3) is 6.47. The van der Waals surface area contributed by atoms with Crippen molar-refractivity contribution in [2.45, 2.75) is 12.8 Å². The molecule has 0 saturated heterocycles. The molecule has 0 spiro atoms. The van der Waals surface area contributed by atoms with Gasteiger partial charge in [0.15, 0.2) is 0 Å². The van der Waals surface area contributed by atoms with E-state index in [0.29, 0.717) is 17.7 Å². The van der Waals surface area contributed by atoms with Crippen molar-refractivity contribution < 1.29 is 17.6 Å². The summed E-state index contributed by atoms with van der Waals surface area (Å²) < 4.78 is 38.1. The van der Waals surface area contributed by atoms with Gasteiger partial charge in [0.05, 0.1) is 17.5 Å². The third-order valence-electron chi connectivity index (χ3n) is 3.94. The van der Waals surface area contributed by atoms with E-state index in [1.807, 2.05) is 6.07 Å². The third-order valence-corrected chi connectivity index (χ3v) is 5.25. The number of para-hydroxylation sites is 1. The van der Waals surface area contributed by atoms with Crippen LogP contribution in [0.4, 0.5) is 10.1 Å². The largest absolute Gasteiger partial charge is 0.325 e. The minimum absolute atomic E-state index is 0.0145. The van der Waals surface area contributed by atoms with Crippen molar-refractivity contribution in [3.8, 4) is 6.07 Å². The van der Waals surface area contributed by atoms with Crippen molar-refractivity contribution in [1.82, 2.24) is 4.31 Å². The molecule has 2 rings (SSSR count). The van der Waals surface area contributed by atoms with Gasteiger partial charge in [0.1, 0.15) is 11.9 Å². The molecule has 8 heteroatoms. The van der Waals surface area contributed by atoms with Crippen molar-refractivity contribution in [3.05, 3.63) is 65.5 Å². The summed E-state index contributed by atoms with van der Waals surface area (Å²) in [5.41, 5.74) is 1.53. The average molecular weight is 389 g/mol. The first-order valence-corrected chi connectivity index (χ1v) is 10.1. The monoisotopic (exact) mass is 389 g/mol. The number of hydrogen-bond donors (Lipinski definition) is 1. The molecule has 2 aromatic rings. The van der Waals surface area contributed by atoms with E-state index < -0.39 is 10.0 Å². The number of carbonyl (C=O) groups is 1. The first-order valence-electron chi connectivity index (χ1n) is 8.28. The standard InChI is InChI=1S/C19H20FN3O3S/c1-27(25,26)23(12-10-15-6-8-17(20)9-7-15)13-11-19(24)22-18-5-3-2-4-16(18)14-21/h2-9H,10-13H2,1H3,(H,22,24). The van der Waals surface area contributed by atoms with Gasteiger partial charge >= 0.3 is 0 Å². The Bertz CT molecular complexity index is 937. The van der Waals surface area contributed by atoms with E-state index in [9.17, 15) is 17.6 Å². The van der Waals surface area contributed by atoms with E-state index in [2.05, 4.69) is 5.32 Å². The molecule has 2 aromatic carbocycles. The molecule has 0 unspecified atom stereocenters. The number of nitriles is 1. The molecule has 0 aliphatic carbocycles. The fraction of sp³-hybridized carbons (Fsp3) is 0.263. The summed E-state index contributed by atoms with van der Waals surface area (Å²) in [5, 5.41) is 11.7. The van der Waals surface area contributed by atoms with Gasteiger partial charge in [-0.25, -0.2) is 17.1 Å². The molecule has 0 saturated carbocycles. The number of sulfonamides is 1. The lowest BCUT2D eigenvalue weighted by atomic mass is 10.1. The number of nitrogens with zero attached hydrogens (tertiary/aromatic N) is 2. The summed E-state index contributed by atoms with van der Waals surface area (Å²) in [6.07, 6.45) is 1.45. The normalized spacial score (nSPS) is 11.2. The van der Waals surface area contributed by atoms with E-state index in [1.165, 1.54) is 16.4 Å². The van der Waals surface area contributed by atoms with Crippen LogP contribution >= 0.6 is 0 Å². The van der Waals surface area contributed by atoms with E-state index in [-0.39, 0.29) is 31.2 Å². The first kappa shape index (κ1) is 20.6. The fourth-order valence-electron chi connectivity index (χ4n) is 2.48. The Morgan fingerprint density at radius 2 is 1.81 bits per heavy atom. The molecule has 0 aliphatic heterocycles. The Morgan fingerprint density at radius 1 is 1.15 bits per heavy atom. The first-order chi connectivity index (χ1) is 12.8. The van der Waals surface area contributed by atoms with Gasteiger partial charge in [0.25, 0.3) is 0 Å². The predicted octanol–water partition coefficient (Wildman–Crippen LogP) is 2.53. The summed E-state index contributed by atoms with van der Waals surface area (Å²) in [4.78, 5) is 12.1. The number of rotatable bonds is 8. The number of anilines is 1. The molecule has 0 aliphatic rings. The molecular weight excluding hydrogens is 369 g/mol. The molecule has 6 nitrogen and oxygen atoms in total. The number of hydrogen-bond acceptors (Lipinski definition) is 4. The van der Waals surface area contributed by atoms with Gasteiger partial charge in [0, 0.05) is 19.5 Å². The van der Waals surface area contributed by atoms with E-state index in [1.54, 1.807) is 36.4 Å². The second-order valence-electron chi connectivity index (χ2n) is 5.99. The minimum atomic E-state index is -3.50. The van der Waals surface area contributed by atoms with Gasteiger partial charge in [-0.3, -0.25) is 4.79 Å². The highest BCUT2D eigenvalue weighted by Crippen LogP contribution is 2.14. The zero-order valence-electron chi connectivity index (χ0n) is 14.9. The van der Waals surface area contributed by atoms with Gasteiger partial charge in [-0.05, 0) is 36.2 Å². The summed E-state index contributed by atoms with van der Waals surface area (Å²) in [7, 11) is -3.50. The van der Waals surface area contributed by atoms with Crippen LogP contribution in [-0.4, -0.2) is 38.0 Å². The summed E-state index contributed by atoms with van der Waals surface area (Å²) in [5.74, 6) is -0.735. The maximum Gasteiger partial charge on any atom is 0.225 e. The summed E-state index contributed by atoms with van der Waals surface area (Å²) in [6.45, 7) is 0.201. The molecule has 0 radical (unpaired) electrons. The zero-order chi connectivity index (χ0) is 19.9. The molecule has 142 valence electrons. The van der Waals surface area contributed by atoms with Crippen molar-refractivity contribution in [1.29, 1.82) is 5.26 Å². The van der Waals surface area contributed by atoms with Gasteiger partial charge in [-0.15, -0.1) is 0 Å². The van der Waals surface area contributed by atoms with Crippen LogP contribution < -0.4 is 5.32 Å². The maximum absolute atomic E-state index is 12.9. The van der Waals surface area contributed by atoms with Crippen molar-refractivity contribution in [2.75, 3.05) is 24.7 Å². The van der Waals surface area contributed by atoms with Crippen LogP contribution in [0.25, 0.3) is 0 Å². The molecule has 0 aromatic heterocycles. The molecule has 0 bridgehead atoms. The SMILES string of the molecule is CS(=O)(=O)N(CCC(=O)Nc1ccccc1C#N)CCc1ccc(F)cc1. The molecule has 1 amide bonds. The molecule has 0 fully saturated rings. The van der Waals surface area contributed by atoms with Gasteiger partial charge in [0.2, 0.25) is 15.9 Å². The molecule has 0 heterocycles. The van der Waals surface area contributed by atoms with Crippen molar-refractivity contribution in [3.63, 3.8) is 0 Å². The molecule has 1 N–H and O–H groups in total. The lowest BCUT2D eigenvalue weighted by Gasteiger charge is -2.19. The highest BCUT2D eigenvalue weighted by Gasteiger charge is 2.18.